The third-order valence-electron chi connectivity index (χ3n) is 4.33. The molecule has 0 atom stereocenters. The van der Waals surface area contributed by atoms with E-state index in [1.54, 1.807) is 0 Å². The summed E-state index contributed by atoms with van der Waals surface area (Å²) in [6, 6.07) is 12.4. The van der Waals surface area contributed by atoms with E-state index in [2.05, 4.69) is 44.2 Å². The van der Waals surface area contributed by atoms with Crippen molar-refractivity contribution in [1.82, 2.24) is 20.0 Å². The zero-order chi connectivity index (χ0) is 16.4. The number of hydrogen-bond acceptors (Lipinski definition) is 7. The number of nitrogens with zero attached hydrogens (tertiary/aromatic N) is 5. The fourth-order valence-corrected chi connectivity index (χ4v) is 3.00. The summed E-state index contributed by atoms with van der Waals surface area (Å²) >= 11 is 0. The predicted octanol–water partition coefficient (Wildman–Crippen LogP) is 1.40. The Morgan fingerprint density at radius 2 is 1.83 bits per heavy atom. The Morgan fingerprint density at radius 1 is 1.00 bits per heavy atom. The Hall–Kier alpha value is -2.51. The van der Waals surface area contributed by atoms with Gasteiger partial charge in [0.25, 0.3) is 0 Å². The molecule has 2 aromatic heterocycles. The Morgan fingerprint density at radius 3 is 2.62 bits per heavy atom. The third-order valence-corrected chi connectivity index (χ3v) is 4.33. The van der Waals surface area contributed by atoms with E-state index in [0.717, 1.165) is 37.5 Å². The van der Waals surface area contributed by atoms with Crippen molar-refractivity contribution in [3.8, 4) is 0 Å². The van der Waals surface area contributed by atoms with Gasteiger partial charge in [0, 0.05) is 31.6 Å². The number of rotatable bonds is 4. The minimum Gasteiger partial charge on any atom is -0.354 e. The van der Waals surface area contributed by atoms with E-state index >= 15 is 0 Å². The summed E-state index contributed by atoms with van der Waals surface area (Å²) in [7, 11) is 0. The highest BCUT2D eigenvalue weighted by molar-refractivity contribution is 5.80. The zero-order valence-electron chi connectivity index (χ0n) is 13.4. The highest BCUT2D eigenvalue weighted by atomic mass is 16.5. The first kappa shape index (κ1) is 15.0. The van der Waals surface area contributed by atoms with Crippen molar-refractivity contribution >= 4 is 16.7 Å². The number of benzene rings is 1. The van der Waals surface area contributed by atoms with Crippen molar-refractivity contribution in [1.29, 1.82) is 0 Å². The number of nitrogens with two attached hydrogens (primary N) is 1. The molecule has 0 spiro atoms. The van der Waals surface area contributed by atoms with Crippen LogP contribution in [0.15, 0.2) is 40.9 Å². The van der Waals surface area contributed by atoms with Crippen LogP contribution < -0.4 is 10.6 Å². The highest BCUT2D eigenvalue weighted by Gasteiger charge is 2.20. The predicted molar refractivity (Wildman–Crippen MR) is 91.4 cm³/mol. The van der Waals surface area contributed by atoms with Crippen LogP contribution in [0.1, 0.15) is 11.7 Å². The molecule has 0 saturated carbocycles. The second kappa shape index (κ2) is 6.54. The van der Waals surface area contributed by atoms with E-state index in [4.69, 9.17) is 15.2 Å². The van der Waals surface area contributed by atoms with Crippen molar-refractivity contribution in [3.05, 3.63) is 48.1 Å². The molecule has 0 amide bonds. The molecule has 4 rings (SSSR count). The molecule has 24 heavy (non-hydrogen) atoms. The van der Waals surface area contributed by atoms with Crippen LogP contribution in [-0.2, 0) is 13.1 Å². The fraction of sp³-hybridized carbons (Fsp3) is 0.353. The van der Waals surface area contributed by atoms with Crippen LogP contribution in [0.4, 0.5) is 5.82 Å². The van der Waals surface area contributed by atoms with Gasteiger partial charge in [-0.05, 0) is 18.2 Å². The van der Waals surface area contributed by atoms with Gasteiger partial charge in [0.15, 0.2) is 5.82 Å². The minimum absolute atomic E-state index is 0.286. The Kier molecular flexibility index (Phi) is 4.10. The summed E-state index contributed by atoms with van der Waals surface area (Å²) < 4.78 is 5.05. The smallest absolute Gasteiger partial charge is 0.240 e. The van der Waals surface area contributed by atoms with Gasteiger partial charge in [-0.15, -0.1) is 0 Å². The second-order valence-electron chi connectivity index (χ2n) is 5.93. The minimum atomic E-state index is 0.286. The number of piperazine rings is 1. The van der Waals surface area contributed by atoms with Crippen LogP contribution >= 0.6 is 0 Å². The summed E-state index contributed by atoms with van der Waals surface area (Å²) in [6.07, 6.45) is 0. The van der Waals surface area contributed by atoms with Crippen molar-refractivity contribution in [2.24, 2.45) is 5.73 Å². The molecule has 3 aromatic rings. The van der Waals surface area contributed by atoms with Gasteiger partial charge >= 0.3 is 0 Å². The summed E-state index contributed by atoms with van der Waals surface area (Å²) in [6.45, 7) is 4.75. The molecule has 1 aliphatic rings. The normalized spacial score (nSPS) is 16.0. The first-order valence-electron chi connectivity index (χ1n) is 8.16. The summed E-state index contributed by atoms with van der Waals surface area (Å²) in [5.74, 6) is 2.23. The average molecular weight is 324 g/mol. The number of aromatic nitrogens is 3. The molecule has 1 saturated heterocycles. The summed E-state index contributed by atoms with van der Waals surface area (Å²) in [5, 5.41) is 5.13. The second-order valence-corrected chi connectivity index (χ2v) is 5.93. The molecule has 0 bridgehead atoms. The van der Waals surface area contributed by atoms with Crippen LogP contribution in [0.5, 0.6) is 0 Å². The van der Waals surface area contributed by atoms with E-state index in [0.29, 0.717) is 18.3 Å². The molecule has 0 aliphatic carbocycles. The first-order chi connectivity index (χ1) is 11.8. The maximum atomic E-state index is 5.49. The zero-order valence-corrected chi connectivity index (χ0v) is 13.4. The van der Waals surface area contributed by atoms with Crippen LogP contribution in [0, 0.1) is 0 Å². The van der Waals surface area contributed by atoms with Gasteiger partial charge in [-0.25, -0.2) is 4.98 Å². The van der Waals surface area contributed by atoms with Crippen molar-refractivity contribution < 1.29 is 4.52 Å². The molecular weight excluding hydrogens is 304 g/mol. The summed E-state index contributed by atoms with van der Waals surface area (Å²) in [4.78, 5) is 13.7. The van der Waals surface area contributed by atoms with Gasteiger partial charge in [0.1, 0.15) is 5.82 Å². The summed E-state index contributed by atoms with van der Waals surface area (Å²) in [5.41, 5.74) is 6.54. The molecule has 0 unspecified atom stereocenters. The molecule has 1 aromatic carbocycles. The van der Waals surface area contributed by atoms with Gasteiger partial charge in [-0.3, -0.25) is 4.90 Å². The molecule has 7 heteroatoms. The lowest BCUT2D eigenvalue weighted by atomic mass is 10.2. The van der Waals surface area contributed by atoms with Gasteiger partial charge in [-0.1, -0.05) is 23.4 Å². The van der Waals surface area contributed by atoms with Crippen LogP contribution in [-0.4, -0.2) is 46.2 Å². The number of fused-ring (bicyclic) bond motifs is 1. The molecule has 2 N–H and O–H groups in total. The van der Waals surface area contributed by atoms with Crippen LogP contribution in [0.25, 0.3) is 10.9 Å². The Bertz CT molecular complexity index is 825. The SMILES string of the molecule is NCc1nc(CN2CCN(c3ccc4ccccc4n3)CC2)no1. The lowest BCUT2D eigenvalue weighted by Gasteiger charge is -2.34. The van der Waals surface area contributed by atoms with E-state index in [1.165, 1.54) is 5.39 Å². The Labute approximate surface area is 140 Å². The molecule has 0 radical (unpaired) electrons. The number of hydrogen-bond donors (Lipinski definition) is 1. The monoisotopic (exact) mass is 324 g/mol. The van der Waals surface area contributed by atoms with Crippen molar-refractivity contribution in [2.75, 3.05) is 31.1 Å². The van der Waals surface area contributed by atoms with Crippen molar-refractivity contribution in [3.63, 3.8) is 0 Å². The largest absolute Gasteiger partial charge is 0.354 e. The van der Waals surface area contributed by atoms with Crippen LogP contribution in [0.2, 0.25) is 0 Å². The molecule has 124 valence electrons. The van der Waals surface area contributed by atoms with Gasteiger partial charge in [-0.2, -0.15) is 4.98 Å². The maximum Gasteiger partial charge on any atom is 0.240 e. The fourth-order valence-electron chi connectivity index (χ4n) is 3.00. The van der Waals surface area contributed by atoms with Crippen molar-refractivity contribution in [2.45, 2.75) is 13.1 Å². The molecule has 1 fully saturated rings. The number of pyridine rings is 1. The van der Waals surface area contributed by atoms with E-state index < -0.39 is 0 Å². The van der Waals surface area contributed by atoms with Gasteiger partial charge < -0.3 is 15.2 Å². The Balaban J connectivity index is 1.39. The molecule has 7 nitrogen and oxygen atoms in total. The number of para-hydroxylation sites is 1. The molecule has 1 aliphatic heterocycles. The molecule has 3 heterocycles. The topological polar surface area (TPSA) is 84.3 Å². The average Bonchev–Trinajstić information content (AvgIpc) is 3.09. The van der Waals surface area contributed by atoms with Gasteiger partial charge in [0.2, 0.25) is 5.89 Å². The van der Waals surface area contributed by atoms with E-state index in [-0.39, 0.29) is 6.54 Å². The maximum absolute atomic E-state index is 5.49. The van der Waals surface area contributed by atoms with Gasteiger partial charge in [0.05, 0.1) is 18.6 Å². The standard InChI is InChI=1S/C17H20N6O/c18-11-17-20-15(21-24-17)12-22-7-9-23(10-8-22)16-6-5-13-3-1-2-4-14(13)19-16/h1-6H,7-12,18H2. The highest BCUT2D eigenvalue weighted by Crippen LogP contribution is 2.19. The lowest BCUT2D eigenvalue weighted by Crippen LogP contribution is -2.46. The van der Waals surface area contributed by atoms with E-state index in [9.17, 15) is 0 Å². The van der Waals surface area contributed by atoms with Crippen LogP contribution in [0.3, 0.4) is 0 Å². The molecular formula is C17H20N6O. The first-order valence-corrected chi connectivity index (χ1v) is 8.16. The quantitative estimate of drug-likeness (QED) is 0.776. The lowest BCUT2D eigenvalue weighted by molar-refractivity contribution is 0.239. The number of anilines is 1. The third kappa shape index (κ3) is 3.08. The van der Waals surface area contributed by atoms with E-state index in [1.807, 2.05) is 12.1 Å².